The molecule has 4 nitrogen and oxygen atoms in total. The van der Waals surface area contributed by atoms with Gasteiger partial charge in [0.15, 0.2) is 5.82 Å². The highest BCUT2D eigenvalue weighted by Gasteiger charge is 2.09. The maximum atomic E-state index is 6.03. The minimum Gasteiger partial charge on any atom is -0.434 e. The minimum atomic E-state index is 0.235. The molecule has 5 heteroatoms. The first kappa shape index (κ1) is 11.7. The lowest BCUT2D eigenvalue weighted by molar-refractivity contribution is 0.466. The largest absolute Gasteiger partial charge is 0.434 e. The Morgan fingerprint density at radius 2 is 1.53 bits per heavy atom. The zero-order chi connectivity index (χ0) is 13.2. The number of hydrogen-bond donors (Lipinski definition) is 1. The van der Waals surface area contributed by atoms with E-state index in [0.29, 0.717) is 10.8 Å². The average Bonchev–Trinajstić information content (AvgIpc) is 2.42. The van der Waals surface area contributed by atoms with Crippen LogP contribution in [0.2, 0.25) is 5.02 Å². The summed E-state index contributed by atoms with van der Waals surface area (Å²) in [6.45, 7) is 0. The molecule has 0 radical (unpaired) electrons. The van der Waals surface area contributed by atoms with Gasteiger partial charge in [-0.2, -0.15) is 0 Å². The highest BCUT2D eigenvalue weighted by atomic mass is 35.5. The van der Waals surface area contributed by atoms with Gasteiger partial charge in [-0.1, -0.05) is 35.9 Å². The summed E-state index contributed by atoms with van der Waals surface area (Å²) in [7, 11) is 0. The van der Waals surface area contributed by atoms with Crippen molar-refractivity contribution in [1.82, 2.24) is 9.97 Å². The molecule has 0 atom stereocenters. The number of halogens is 1. The topological polar surface area (TPSA) is 61.0 Å². The van der Waals surface area contributed by atoms with E-state index in [2.05, 4.69) is 9.97 Å². The third-order valence-corrected chi connectivity index (χ3v) is 2.92. The highest BCUT2D eigenvalue weighted by molar-refractivity contribution is 6.32. The fraction of sp³-hybridized carbons (Fsp3) is 0. The molecule has 94 valence electrons. The number of para-hydroxylation sites is 3. The molecule has 0 unspecified atom stereocenters. The fourth-order valence-corrected chi connectivity index (χ4v) is 1.88. The van der Waals surface area contributed by atoms with Gasteiger partial charge in [0.05, 0.1) is 16.1 Å². The van der Waals surface area contributed by atoms with Gasteiger partial charge >= 0.3 is 0 Å². The Bertz CT molecular complexity index is 746. The number of nitrogen functional groups attached to an aromatic ring is 1. The number of anilines is 1. The number of hydrogen-bond acceptors (Lipinski definition) is 4. The van der Waals surface area contributed by atoms with Crippen molar-refractivity contribution in [2.24, 2.45) is 0 Å². The van der Waals surface area contributed by atoms with E-state index >= 15 is 0 Å². The van der Waals surface area contributed by atoms with Crippen LogP contribution in [0.15, 0.2) is 48.5 Å². The second kappa shape index (κ2) is 4.74. The smallest absolute Gasteiger partial charge is 0.263 e. The summed E-state index contributed by atoms with van der Waals surface area (Å²) in [5.41, 5.74) is 7.29. The number of aromatic nitrogens is 2. The van der Waals surface area contributed by atoms with Crippen molar-refractivity contribution < 1.29 is 4.74 Å². The molecule has 2 N–H and O–H groups in total. The van der Waals surface area contributed by atoms with Crippen molar-refractivity contribution in [2.45, 2.75) is 0 Å². The third kappa shape index (κ3) is 2.30. The molecule has 0 fully saturated rings. The van der Waals surface area contributed by atoms with Crippen molar-refractivity contribution >= 4 is 28.5 Å². The Morgan fingerprint density at radius 3 is 2.26 bits per heavy atom. The molecule has 0 amide bonds. The number of fused-ring (bicyclic) bond motifs is 1. The molecule has 0 aliphatic carbocycles. The van der Waals surface area contributed by atoms with Crippen molar-refractivity contribution in [3.05, 3.63) is 53.6 Å². The van der Waals surface area contributed by atoms with Gasteiger partial charge in [0.25, 0.3) is 5.88 Å². The zero-order valence-electron chi connectivity index (χ0n) is 9.88. The SMILES string of the molecule is Nc1nc2ccccc2nc1Oc1ccccc1Cl. The molecule has 0 saturated carbocycles. The van der Waals surface area contributed by atoms with Crippen LogP contribution >= 0.6 is 11.6 Å². The van der Waals surface area contributed by atoms with Gasteiger partial charge in [-0.15, -0.1) is 0 Å². The molecule has 3 aromatic rings. The Hall–Kier alpha value is -2.33. The summed E-state index contributed by atoms with van der Waals surface area (Å²) in [4.78, 5) is 8.59. The lowest BCUT2D eigenvalue weighted by atomic mass is 10.3. The van der Waals surface area contributed by atoms with Crippen LogP contribution < -0.4 is 10.5 Å². The molecule has 1 aromatic heterocycles. The summed E-state index contributed by atoms with van der Waals surface area (Å²) in [6.07, 6.45) is 0. The molecule has 0 bridgehead atoms. The number of ether oxygens (including phenoxy) is 1. The second-order valence-corrected chi connectivity index (χ2v) is 4.34. The summed E-state index contributed by atoms with van der Waals surface area (Å²) in [5, 5.41) is 0.497. The standard InChI is InChI=1S/C14H10ClN3O/c15-9-5-1-4-8-12(9)19-14-13(16)17-10-6-2-3-7-11(10)18-14/h1-8H,(H2,16,17). The summed E-state index contributed by atoms with van der Waals surface area (Å²) in [5.74, 6) is 0.992. The molecule has 19 heavy (non-hydrogen) atoms. The van der Waals surface area contributed by atoms with Crippen LogP contribution in [0.5, 0.6) is 11.6 Å². The predicted molar refractivity (Wildman–Crippen MR) is 75.5 cm³/mol. The average molecular weight is 272 g/mol. The van der Waals surface area contributed by atoms with E-state index < -0.39 is 0 Å². The quantitative estimate of drug-likeness (QED) is 0.773. The van der Waals surface area contributed by atoms with Crippen molar-refractivity contribution in [1.29, 1.82) is 0 Å². The van der Waals surface area contributed by atoms with Crippen molar-refractivity contribution in [3.8, 4) is 11.6 Å². The van der Waals surface area contributed by atoms with Crippen molar-refractivity contribution in [2.75, 3.05) is 5.73 Å². The molecule has 3 rings (SSSR count). The summed E-state index contributed by atoms with van der Waals surface area (Å²) >= 11 is 6.03. The van der Waals surface area contributed by atoms with Crippen LogP contribution in [-0.2, 0) is 0 Å². The monoisotopic (exact) mass is 271 g/mol. The molecular weight excluding hydrogens is 262 g/mol. The fourth-order valence-electron chi connectivity index (χ4n) is 1.70. The molecule has 0 spiro atoms. The first-order chi connectivity index (χ1) is 9.24. The highest BCUT2D eigenvalue weighted by Crippen LogP contribution is 2.30. The summed E-state index contributed by atoms with van der Waals surface area (Å²) in [6, 6.07) is 14.6. The van der Waals surface area contributed by atoms with E-state index in [-0.39, 0.29) is 11.7 Å². The van der Waals surface area contributed by atoms with Gasteiger partial charge in [0.1, 0.15) is 5.75 Å². The van der Waals surface area contributed by atoms with Gasteiger partial charge in [-0.05, 0) is 24.3 Å². The van der Waals surface area contributed by atoms with E-state index in [4.69, 9.17) is 22.1 Å². The Balaban J connectivity index is 2.06. The van der Waals surface area contributed by atoms with Crippen LogP contribution in [0.4, 0.5) is 5.82 Å². The van der Waals surface area contributed by atoms with E-state index in [1.807, 2.05) is 36.4 Å². The molecule has 0 aliphatic rings. The first-order valence-electron chi connectivity index (χ1n) is 5.69. The third-order valence-electron chi connectivity index (χ3n) is 2.61. The molecule has 0 saturated heterocycles. The Morgan fingerprint density at radius 1 is 0.895 bits per heavy atom. The summed E-state index contributed by atoms with van der Waals surface area (Å²) < 4.78 is 5.62. The van der Waals surface area contributed by atoms with Crippen LogP contribution in [0.25, 0.3) is 11.0 Å². The van der Waals surface area contributed by atoms with E-state index in [9.17, 15) is 0 Å². The van der Waals surface area contributed by atoms with E-state index in [1.165, 1.54) is 0 Å². The number of nitrogens with two attached hydrogens (primary N) is 1. The van der Waals surface area contributed by atoms with Crippen LogP contribution in [0.3, 0.4) is 0 Å². The maximum absolute atomic E-state index is 6.03. The van der Waals surface area contributed by atoms with Gasteiger partial charge in [-0.25, -0.2) is 9.97 Å². The van der Waals surface area contributed by atoms with Crippen LogP contribution in [0.1, 0.15) is 0 Å². The lowest BCUT2D eigenvalue weighted by Crippen LogP contribution is -1.99. The predicted octanol–water partition coefficient (Wildman–Crippen LogP) is 3.66. The van der Waals surface area contributed by atoms with Gasteiger partial charge in [-0.3, -0.25) is 0 Å². The van der Waals surface area contributed by atoms with Gasteiger partial charge < -0.3 is 10.5 Å². The second-order valence-electron chi connectivity index (χ2n) is 3.94. The number of nitrogens with zero attached hydrogens (tertiary/aromatic N) is 2. The molecular formula is C14H10ClN3O. The van der Waals surface area contributed by atoms with Crippen molar-refractivity contribution in [3.63, 3.8) is 0 Å². The lowest BCUT2D eigenvalue weighted by Gasteiger charge is -2.08. The number of rotatable bonds is 2. The van der Waals surface area contributed by atoms with Crippen LogP contribution in [0, 0.1) is 0 Å². The van der Waals surface area contributed by atoms with E-state index in [0.717, 1.165) is 11.0 Å². The maximum Gasteiger partial charge on any atom is 0.263 e. The normalized spacial score (nSPS) is 10.6. The molecule has 2 aromatic carbocycles. The zero-order valence-corrected chi connectivity index (χ0v) is 10.6. The van der Waals surface area contributed by atoms with Gasteiger partial charge in [0, 0.05) is 0 Å². The van der Waals surface area contributed by atoms with E-state index in [1.54, 1.807) is 12.1 Å². The van der Waals surface area contributed by atoms with Gasteiger partial charge in [0.2, 0.25) is 0 Å². The van der Waals surface area contributed by atoms with Crippen LogP contribution in [-0.4, -0.2) is 9.97 Å². The molecule has 1 heterocycles. The number of benzene rings is 2. The minimum absolute atomic E-state index is 0.235. The Kier molecular flexibility index (Phi) is 2.93. The molecule has 0 aliphatic heterocycles. The first-order valence-corrected chi connectivity index (χ1v) is 6.06. The Labute approximate surface area is 114 Å².